The highest BCUT2D eigenvalue weighted by molar-refractivity contribution is 7.92. The molecule has 1 fully saturated rings. The molecule has 28 heavy (non-hydrogen) atoms. The van der Waals surface area contributed by atoms with E-state index in [0.29, 0.717) is 35.3 Å². The van der Waals surface area contributed by atoms with Gasteiger partial charge < -0.3 is 4.52 Å². The van der Waals surface area contributed by atoms with Crippen LogP contribution in [0.25, 0.3) is 0 Å². The van der Waals surface area contributed by atoms with Crippen molar-refractivity contribution >= 4 is 21.4 Å². The van der Waals surface area contributed by atoms with Crippen molar-refractivity contribution in [1.29, 1.82) is 0 Å². The first-order valence-corrected chi connectivity index (χ1v) is 10.1. The van der Waals surface area contributed by atoms with E-state index in [1.54, 1.807) is 24.3 Å². The van der Waals surface area contributed by atoms with Gasteiger partial charge in [0.15, 0.2) is 5.82 Å². The summed E-state index contributed by atoms with van der Waals surface area (Å²) in [5, 5.41) is 14.7. The van der Waals surface area contributed by atoms with Crippen molar-refractivity contribution in [3.8, 4) is 0 Å². The molecule has 1 heterocycles. The predicted octanol–water partition coefficient (Wildman–Crippen LogP) is 3.25. The van der Waals surface area contributed by atoms with Gasteiger partial charge in [-0.1, -0.05) is 23.4 Å². The molecule has 1 aromatic heterocycles. The van der Waals surface area contributed by atoms with Gasteiger partial charge in [-0.2, -0.15) is 4.98 Å². The number of aromatic nitrogens is 2. The second-order valence-corrected chi connectivity index (χ2v) is 8.19. The lowest BCUT2D eigenvalue weighted by Crippen LogP contribution is -2.14. The Hall–Kier alpha value is -3.27. The third-order valence-corrected chi connectivity index (χ3v) is 5.77. The monoisotopic (exact) mass is 400 g/mol. The molecular formula is C18H16N4O5S. The molecule has 1 aliphatic rings. The van der Waals surface area contributed by atoms with E-state index in [1.165, 1.54) is 12.1 Å². The predicted molar refractivity (Wildman–Crippen MR) is 99.4 cm³/mol. The maximum Gasteiger partial charge on any atom is 0.269 e. The normalized spacial score (nSPS) is 14.0. The van der Waals surface area contributed by atoms with Crippen LogP contribution in [0, 0.1) is 10.1 Å². The standard InChI is InChI=1S/C18H16N4O5S/c23-22(24)14-7-9-15(10-8-14)28(25,26)21-16-4-2-1-3-13(16)11-17-19-18(20-27-17)12-5-6-12/h1-4,7-10,12,21H,5-6,11H2. The van der Waals surface area contributed by atoms with E-state index in [9.17, 15) is 18.5 Å². The largest absolute Gasteiger partial charge is 0.339 e. The van der Waals surface area contributed by atoms with Crippen molar-refractivity contribution in [3.63, 3.8) is 0 Å². The van der Waals surface area contributed by atoms with Gasteiger partial charge in [0.2, 0.25) is 5.89 Å². The summed E-state index contributed by atoms with van der Waals surface area (Å²) in [6.07, 6.45) is 2.41. The summed E-state index contributed by atoms with van der Waals surface area (Å²) < 4.78 is 33.1. The molecule has 0 amide bonds. The fourth-order valence-corrected chi connectivity index (χ4v) is 3.84. The highest BCUT2D eigenvalue weighted by Crippen LogP contribution is 2.38. The first-order valence-electron chi connectivity index (χ1n) is 8.60. The van der Waals surface area contributed by atoms with Gasteiger partial charge in [-0.3, -0.25) is 14.8 Å². The summed E-state index contributed by atoms with van der Waals surface area (Å²) in [7, 11) is -3.91. The number of hydrogen-bond acceptors (Lipinski definition) is 7. The summed E-state index contributed by atoms with van der Waals surface area (Å²) in [4.78, 5) is 14.5. The second kappa shape index (κ2) is 7.04. The number of nitro benzene ring substituents is 1. The lowest BCUT2D eigenvalue weighted by molar-refractivity contribution is -0.384. The van der Waals surface area contributed by atoms with Crippen molar-refractivity contribution in [2.75, 3.05) is 4.72 Å². The molecular weight excluding hydrogens is 384 g/mol. The summed E-state index contributed by atoms with van der Waals surface area (Å²) in [6, 6.07) is 11.6. The van der Waals surface area contributed by atoms with Crippen LogP contribution in [-0.2, 0) is 16.4 Å². The molecule has 0 radical (unpaired) electrons. The topological polar surface area (TPSA) is 128 Å². The van der Waals surface area contributed by atoms with Crippen LogP contribution >= 0.6 is 0 Å². The van der Waals surface area contributed by atoms with Gasteiger partial charge in [-0.25, -0.2) is 8.42 Å². The maximum atomic E-state index is 12.7. The molecule has 1 N–H and O–H groups in total. The van der Waals surface area contributed by atoms with Crippen molar-refractivity contribution in [3.05, 3.63) is 75.9 Å². The van der Waals surface area contributed by atoms with Gasteiger partial charge in [-0.05, 0) is 36.6 Å². The molecule has 10 heteroatoms. The Morgan fingerprint density at radius 2 is 1.86 bits per heavy atom. The highest BCUT2D eigenvalue weighted by atomic mass is 32.2. The van der Waals surface area contributed by atoms with Crippen molar-refractivity contribution in [2.24, 2.45) is 0 Å². The molecule has 0 bridgehead atoms. The summed E-state index contributed by atoms with van der Waals surface area (Å²) in [6.45, 7) is 0. The molecule has 9 nitrogen and oxygen atoms in total. The number of nitro groups is 1. The lowest BCUT2D eigenvalue weighted by atomic mass is 10.1. The minimum Gasteiger partial charge on any atom is -0.339 e. The highest BCUT2D eigenvalue weighted by Gasteiger charge is 2.29. The minimum atomic E-state index is -3.91. The van der Waals surface area contributed by atoms with Crippen molar-refractivity contribution in [1.82, 2.24) is 10.1 Å². The molecule has 0 unspecified atom stereocenters. The molecule has 0 aliphatic heterocycles. The van der Waals surface area contributed by atoms with E-state index in [1.807, 2.05) is 0 Å². The average Bonchev–Trinajstić information content (AvgIpc) is 3.42. The number of rotatable bonds is 7. The quantitative estimate of drug-likeness (QED) is 0.476. The van der Waals surface area contributed by atoms with Crippen LogP contribution in [0.5, 0.6) is 0 Å². The molecule has 3 aromatic rings. The number of nitrogens with zero attached hydrogens (tertiary/aromatic N) is 3. The number of sulfonamides is 1. The van der Waals surface area contributed by atoms with Crippen LogP contribution in [0.15, 0.2) is 57.9 Å². The van der Waals surface area contributed by atoms with Crippen molar-refractivity contribution in [2.45, 2.75) is 30.1 Å². The number of anilines is 1. The average molecular weight is 400 g/mol. The summed E-state index contributed by atoms with van der Waals surface area (Å²) in [5.74, 6) is 1.48. The van der Waals surface area contributed by atoms with E-state index in [4.69, 9.17) is 4.52 Å². The number of hydrogen-bond donors (Lipinski definition) is 1. The fourth-order valence-electron chi connectivity index (χ4n) is 2.73. The molecule has 1 saturated carbocycles. The van der Waals surface area contributed by atoms with E-state index >= 15 is 0 Å². The Bertz CT molecular complexity index is 1120. The first kappa shape index (κ1) is 18.1. The molecule has 0 atom stereocenters. The Labute approximate surface area is 160 Å². The Morgan fingerprint density at radius 3 is 2.54 bits per heavy atom. The van der Waals surface area contributed by atoms with E-state index in [0.717, 1.165) is 25.0 Å². The van der Waals surface area contributed by atoms with Gasteiger partial charge in [0.05, 0.1) is 21.9 Å². The van der Waals surface area contributed by atoms with E-state index < -0.39 is 14.9 Å². The van der Waals surface area contributed by atoms with Crippen LogP contribution in [0.4, 0.5) is 11.4 Å². The number of benzene rings is 2. The van der Waals surface area contributed by atoms with E-state index in [-0.39, 0.29) is 10.6 Å². The van der Waals surface area contributed by atoms with Gasteiger partial charge in [-0.15, -0.1) is 0 Å². The van der Waals surface area contributed by atoms with Crippen LogP contribution in [-0.4, -0.2) is 23.5 Å². The van der Waals surface area contributed by atoms with Gasteiger partial charge in [0, 0.05) is 18.1 Å². The zero-order valence-corrected chi connectivity index (χ0v) is 15.4. The minimum absolute atomic E-state index is 0.0679. The molecule has 1 aliphatic carbocycles. The van der Waals surface area contributed by atoms with Crippen LogP contribution in [0.1, 0.15) is 36.0 Å². The van der Waals surface area contributed by atoms with Crippen LogP contribution in [0.2, 0.25) is 0 Å². The molecule has 2 aromatic carbocycles. The van der Waals surface area contributed by atoms with Gasteiger partial charge in [0.1, 0.15) is 0 Å². The summed E-state index contributed by atoms with van der Waals surface area (Å²) in [5.41, 5.74) is 0.883. The van der Waals surface area contributed by atoms with Crippen LogP contribution in [0.3, 0.4) is 0 Å². The molecule has 0 saturated heterocycles. The zero-order chi connectivity index (χ0) is 19.7. The third-order valence-electron chi connectivity index (χ3n) is 4.39. The smallest absolute Gasteiger partial charge is 0.269 e. The summed E-state index contributed by atoms with van der Waals surface area (Å²) >= 11 is 0. The van der Waals surface area contributed by atoms with Gasteiger partial charge in [0.25, 0.3) is 15.7 Å². The maximum absolute atomic E-state index is 12.7. The SMILES string of the molecule is O=[N+]([O-])c1ccc(S(=O)(=O)Nc2ccccc2Cc2nc(C3CC3)no2)cc1. The van der Waals surface area contributed by atoms with Crippen LogP contribution < -0.4 is 4.72 Å². The Morgan fingerprint density at radius 1 is 1.14 bits per heavy atom. The number of para-hydroxylation sites is 1. The van der Waals surface area contributed by atoms with E-state index in [2.05, 4.69) is 14.9 Å². The number of nitrogens with one attached hydrogen (secondary N) is 1. The number of non-ortho nitro benzene ring substituents is 1. The third kappa shape index (κ3) is 3.86. The van der Waals surface area contributed by atoms with Gasteiger partial charge >= 0.3 is 0 Å². The Kier molecular flexibility index (Phi) is 4.55. The first-order chi connectivity index (χ1) is 13.4. The van der Waals surface area contributed by atoms with Crippen molar-refractivity contribution < 1.29 is 17.9 Å². The molecule has 0 spiro atoms. The lowest BCUT2D eigenvalue weighted by Gasteiger charge is -2.11. The fraction of sp³-hybridized carbons (Fsp3) is 0.222. The molecule has 144 valence electrons. The Balaban J connectivity index is 1.56. The zero-order valence-electron chi connectivity index (χ0n) is 14.6. The molecule has 4 rings (SSSR count). The second-order valence-electron chi connectivity index (χ2n) is 6.51.